The van der Waals surface area contributed by atoms with Crippen LogP contribution in [-0.4, -0.2) is 13.2 Å². The summed E-state index contributed by atoms with van der Waals surface area (Å²) in [6.45, 7) is 9.79. The van der Waals surface area contributed by atoms with Crippen LogP contribution in [0.3, 0.4) is 0 Å². The third-order valence-electron chi connectivity index (χ3n) is 4.27. The molecule has 1 atom stereocenters. The zero-order valence-electron chi connectivity index (χ0n) is 13.8. The minimum Gasteiger partial charge on any atom is -0.224 e. The molecule has 0 radical (unpaired) electrons. The molecule has 0 heterocycles. The molecule has 0 rings (SSSR count). The molecule has 3 heteroatoms. The summed E-state index contributed by atoms with van der Waals surface area (Å²) in [5, 5.41) is 1.17. The van der Waals surface area contributed by atoms with Crippen molar-refractivity contribution in [3.05, 3.63) is 12.0 Å². The summed E-state index contributed by atoms with van der Waals surface area (Å²) in [4.78, 5) is 0. The number of hydrogen-bond donors (Lipinski definition) is 0. The summed E-state index contributed by atoms with van der Waals surface area (Å²) in [5.41, 5.74) is 0. The van der Waals surface area contributed by atoms with Crippen molar-refractivity contribution in [2.24, 2.45) is 0 Å². The summed E-state index contributed by atoms with van der Waals surface area (Å²) in [7, 11) is -3.18. The van der Waals surface area contributed by atoms with Gasteiger partial charge in [0.15, 0.2) is 9.84 Å². The molecule has 0 aliphatic carbocycles. The maximum absolute atomic E-state index is 12.3. The van der Waals surface area contributed by atoms with E-state index in [1.807, 2.05) is 6.92 Å². The van der Waals surface area contributed by atoms with Crippen molar-refractivity contribution in [2.75, 3.05) is 0 Å². The molecular formula is C17H34O2S. The second kappa shape index (κ2) is 10.4. The predicted octanol–water partition coefficient (Wildman–Crippen LogP) is 5.63. The van der Waals surface area contributed by atoms with Gasteiger partial charge in [-0.3, -0.25) is 0 Å². The lowest BCUT2D eigenvalue weighted by Crippen LogP contribution is -2.34. The molecule has 0 saturated heterocycles. The minimum absolute atomic E-state index is 0.602. The molecule has 0 N–H and O–H groups in total. The van der Waals surface area contributed by atoms with Crippen molar-refractivity contribution < 1.29 is 8.42 Å². The van der Waals surface area contributed by atoms with E-state index in [0.29, 0.717) is 0 Å². The van der Waals surface area contributed by atoms with E-state index in [2.05, 4.69) is 20.4 Å². The second-order valence-corrected chi connectivity index (χ2v) is 8.55. The predicted molar refractivity (Wildman–Crippen MR) is 89.7 cm³/mol. The lowest BCUT2D eigenvalue weighted by molar-refractivity contribution is 0.441. The number of rotatable bonds is 13. The summed E-state index contributed by atoms with van der Waals surface area (Å²) in [5.74, 6) is 0. The van der Waals surface area contributed by atoms with Crippen molar-refractivity contribution in [1.29, 1.82) is 0 Å². The van der Waals surface area contributed by atoms with Crippen LogP contribution >= 0.6 is 0 Å². The highest BCUT2D eigenvalue weighted by molar-refractivity contribution is 7.95. The monoisotopic (exact) mass is 302 g/mol. The Labute approximate surface area is 127 Å². The SMILES string of the molecule is C=CS(=O)(=O)C(C)(CCCCCC)CCCCCCC. The Hall–Kier alpha value is -0.310. The first kappa shape index (κ1) is 19.7. The lowest BCUT2D eigenvalue weighted by atomic mass is 9.95. The van der Waals surface area contributed by atoms with Crippen LogP contribution in [0.4, 0.5) is 0 Å². The molecule has 120 valence electrons. The molecular weight excluding hydrogens is 268 g/mol. The molecule has 0 aromatic rings. The molecule has 0 amide bonds. The quantitative estimate of drug-likeness (QED) is 0.413. The van der Waals surface area contributed by atoms with Gasteiger partial charge in [0.25, 0.3) is 0 Å². The number of hydrogen-bond acceptors (Lipinski definition) is 2. The molecule has 20 heavy (non-hydrogen) atoms. The molecule has 0 bridgehead atoms. The maximum atomic E-state index is 12.3. The third kappa shape index (κ3) is 6.92. The van der Waals surface area contributed by atoms with Crippen LogP contribution < -0.4 is 0 Å². The van der Waals surface area contributed by atoms with E-state index in [1.165, 1.54) is 37.5 Å². The van der Waals surface area contributed by atoms with Gasteiger partial charge in [0.05, 0.1) is 4.75 Å². The first-order valence-electron chi connectivity index (χ1n) is 8.30. The van der Waals surface area contributed by atoms with Crippen molar-refractivity contribution >= 4 is 9.84 Å². The van der Waals surface area contributed by atoms with Crippen LogP contribution in [0.25, 0.3) is 0 Å². The Morgan fingerprint density at radius 3 is 1.65 bits per heavy atom. The van der Waals surface area contributed by atoms with Gasteiger partial charge in [-0.1, -0.05) is 78.2 Å². The average molecular weight is 303 g/mol. The first-order valence-corrected chi connectivity index (χ1v) is 9.85. The summed E-state index contributed by atoms with van der Waals surface area (Å²) >= 11 is 0. The number of unbranched alkanes of at least 4 members (excludes halogenated alkanes) is 7. The standard InChI is InChI=1S/C17H34O2S/c1-5-8-10-12-14-16-17(4,20(18,19)7-3)15-13-11-9-6-2/h7H,3,5-6,8-16H2,1-2,4H3. The smallest absolute Gasteiger partial charge is 0.176 e. The molecule has 2 nitrogen and oxygen atoms in total. The van der Waals surface area contributed by atoms with Crippen LogP contribution in [0.1, 0.15) is 91.4 Å². The summed E-state index contributed by atoms with van der Waals surface area (Å²) in [6, 6.07) is 0. The Bertz CT molecular complexity index is 346. The normalized spacial score (nSPS) is 14.9. The lowest BCUT2D eigenvalue weighted by Gasteiger charge is -2.28. The van der Waals surface area contributed by atoms with E-state index in [0.717, 1.165) is 38.5 Å². The molecule has 0 aliphatic heterocycles. The van der Waals surface area contributed by atoms with Crippen molar-refractivity contribution in [2.45, 2.75) is 96.1 Å². The van der Waals surface area contributed by atoms with Gasteiger partial charge in [-0.25, -0.2) is 8.42 Å². The number of sulfone groups is 1. The average Bonchev–Trinajstić information content (AvgIpc) is 2.43. The van der Waals surface area contributed by atoms with E-state index in [9.17, 15) is 8.42 Å². The van der Waals surface area contributed by atoms with Crippen LogP contribution in [0, 0.1) is 0 Å². The van der Waals surface area contributed by atoms with Crippen LogP contribution in [0.15, 0.2) is 12.0 Å². The Morgan fingerprint density at radius 1 is 0.850 bits per heavy atom. The van der Waals surface area contributed by atoms with Gasteiger partial charge in [0.1, 0.15) is 0 Å². The van der Waals surface area contributed by atoms with E-state index < -0.39 is 14.6 Å². The fraction of sp³-hybridized carbons (Fsp3) is 0.882. The van der Waals surface area contributed by atoms with E-state index in [-0.39, 0.29) is 0 Å². The molecule has 0 fully saturated rings. The second-order valence-electron chi connectivity index (χ2n) is 6.14. The van der Waals surface area contributed by atoms with Gasteiger partial charge in [0, 0.05) is 5.41 Å². The third-order valence-corrected chi connectivity index (χ3v) is 6.50. The largest absolute Gasteiger partial charge is 0.224 e. The minimum atomic E-state index is -3.18. The topological polar surface area (TPSA) is 34.1 Å². The Balaban J connectivity index is 4.43. The van der Waals surface area contributed by atoms with Crippen molar-refractivity contribution in [1.82, 2.24) is 0 Å². The van der Waals surface area contributed by atoms with Crippen LogP contribution in [0.5, 0.6) is 0 Å². The highest BCUT2D eigenvalue weighted by Crippen LogP contribution is 2.31. The fourth-order valence-electron chi connectivity index (χ4n) is 2.64. The van der Waals surface area contributed by atoms with Crippen molar-refractivity contribution in [3.8, 4) is 0 Å². The first-order chi connectivity index (χ1) is 9.43. The molecule has 0 spiro atoms. The van der Waals surface area contributed by atoms with Gasteiger partial charge < -0.3 is 0 Å². The summed E-state index contributed by atoms with van der Waals surface area (Å²) < 4.78 is 24.0. The zero-order chi connectivity index (χ0) is 15.5. The van der Waals surface area contributed by atoms with Crippen molar-refractivity contribution in [3.63, 3.8) is 0 Å². The van der Waals surface area contributed by atoms with Gasteiger partial charge in [-0.15, -0.1) is 0 Å². The summed E-state index contributed by atoms with van der Waals surface area (Å²) in [6.07, 6.45) is 11.9. The molecule has 0 aromatic carbocycles. The highest BCUT2D eigenvalue weighted by Gasteiger charge is 2.35. The molecule has 0 saturated carbocycles. The van der Waals surface area contributed by atoms with Crippen LogP contribution in [-0.2, 0) is 9.84 Å². The maximum Gasteiger partial charge on any atom is 0.176 e. The van der Waals surface area contributed by atoms with Gasteiger partial charge >= 0.3 is 0 Å². The highest BCUT2D eigenvalue weighted by atomic mass is 32.2. The Kier molecular flexibility index (Phi) is 10.3. The molecule has 0 aliphatic rings. The molecule has 1 unspecified atom stereocenters. The fourth-order valence-corrected chi connectivity index (χ4v) is 3.90. The Morgan fingerprint density at radius 2 is 1.25 bits per heavy atom. The van der Waals surface area contributed by atoms with Gasteiger partial charge in [-0.05, 0) is 19.8 Å². The zero-order valence-corrected chi connectivity index (χ0v) is 14.6. The molecule has 0 aromatic heterocycles. The van der Waals surface area contributed by atoms with E-state index in [4.69, 9.17) is 0 Å². The van der Waals surface area contributed by atoms with Gasteiger partial charge in [-0.2, -0.15) is 0 Å². The van der Waals surface area contributed by atoms with Crippen LogP contribution in [0.2, 0.25) is 0 Å². The van der Waals surface area contributed by atoms with Gasteiger partial charge in [0.2, 0.25) is 0 Å². The van der Waals surface area contributed by atoms with E-state index in [1.54, 1.807) is 0 Å². The van der Waals surface area contributed by atoms with E-state index >= 15 is 0 Å².